The van der Waals surface area contributed by atoms with Gasteiger partial charge in [0.15, 0.2) is 0 Å². The van der Waals surface area contributed by atoms with Crippen LogP contribution in [-0.4, -0.2) is 69.5 Å². The van der Waals surface area contributed by atoms with E-state index < -0.39 is 19.4 Å². The summed E-state index contributed by atoms with van der Waals surface area (Å²) in [5.41, 5.74) is 3.78. The molecule has 282 valence electrons. The lowest BCUT2D eigenvalue weighted by molar-refractivity contribution is -0.870. The Morgan fingerprint density at radius 1 is 0.596 bits per heavy atom. The first-order valence-electron chi connectivity index (χ1n) is 19.2. The number of nitrogens with one attached hydrogen (secondary N) is 1. The Kier molecular flexibility index (Phi) is 17.7. The highest BCUT2D eigenvalue weighted by molar-refractivity contribution is 7.47. The van der Waals surface area contributed by atoms with Crippen LogP contribution in [0.3, 0.4) is 0 Å². The number of phosphoric acid groups is 1. The highest BCUT2D eigenvalue weighted by Gasteiger charge is 2.39. The van der Waals surface area contributed by atoms with Crippen molar-refractivity contribution in [2.45, 2.75) is 75.8 Å². The second-order valence-electron chi connectivity index (χ2n) is 14.8. The lowest BCUT2D eigenvalue weighted by Crippen LogP contribution is -2.53. The largest absolute Gasteiger partial charge is 0.472 e. The molecule has 0 saturated carbocycles. The smallest absolute Gasteiger partial charge is 0.380 e. The standard InChI is InChI=1S/C44H61N2O5P/c1-46(2,3)34-36-50-52(47,48)51-38-43(37-49-35-24-10-8-6-4-5-7-9-15-25-39-26-16-11-17-27-39)45-44(40-28-18-12-19-29-40,41-30-20-13-21-31-41)42-32-22-14-23-33-42/h11-14,16-23,26-33,43,45H,4-10,15,24-25,34-38H2,1-3H3/p+1/t43-/m1/s1. The molecule has 4 rings (SSSR count). The zero-order valence-electron chi connectivity index (χ0n) is 31.7. The number of unbranched alkanes of at least 4 members (excludes halogenated alkanes) is 8. The molecule has 2 atom stereocenters. The Balaban J connectivity index is 1.35. The molecule has 7 nitrogen and oxygen atoms in total. The Morgan fingerprint density at radius 3 is 1.52 bits per heavy atom. The van der Waals surface area contributed by atoms with Gasteiger partial charge in [0.1, 0.15) is 13.2 Å². The number of nitrogens with zero attached hydrogens (tertiary/aromatic N) is 1. The van der Waals surface area contributed by atoms with E-state index in [0.29, 0.717) is 24.2 Å². The molecule has 0 radical (unpaired) electrons. The summed E-state index contributed by atoms with van der Waals surface area (Å²) in [7, 11) is 1.72. The molecule has 0 saturated heterocycles. The lowest BCUT2D eigenvalue weighted by atomic mass is 9.76. The van der Waals surface area contributed by atoms with Crippen molar-refractivity contribution in [2.24, 2.45) is 0 Å². The summed E-state index contributed by atoms with van der Waals surface area (Å²) in [6, 6.07) is 41.3. The number of hydrogen-bond donors (Lipinski definition) is 2. The minimum absolute atomic E-state index is 0.0717. The molecule has 4 aromatic carbocycles. The summed E-state index contributed by atoms with van der Waals surface area (Å²) in [5, 5.41) is 3.88. The number of hydrogen-bond acceptors (Lipinski definition) is 5. The van der Waals surface area contributed by atoms with E-state index in [1.807, 2.05) is 75.7 Å². The molecular formula is C44H62N2O5P+. The first-order valence-corrected chi connectivity index (χ1v) is 20.7. The van der Waals surface area contributed by atoms with E-state index in [2.05, 4.69) is 72.0 Å². The van der Waals surface area contributed by atoms with Gasteiger partial charge in [0.25, 0.3) is 0 Å². The number of likely N-dealkylation sites (N-methyl/N-ethyl adjacent to an activating group) is 1. The monoisotopic (exact) mass is 729 g/mol. The zero-order valence-corrected chi connectivity index (χ0v) is 32.6. The number of rotatable bonds is 26. The number of phosphoric ester groups is 1. The summed E-state index contributed by atoms with van der Waals surface area (Å²) in [6.07, 6.45) is 12.2. The summed E-state index contributed by atoms with van der Waals surface area (Å²) < 4.78 is 31.0. The van der Waals surface area contributed by atoms with Crippen LogP contribution in [0.1, 0.15) is 80.0 Å². The van der Waals surface area contributed by atoms with Gasteiger partial charge in [-0.15, -0.1) is 0 Å². The van der Waals surface area contributed by atoms with E-state index >= 15 is 0 Å². The van der Waals surface area contributed by atoms with Crippen LogP contribution in [0.5, 0.6) is 0 Å². The van der Waals surface area contributed by atoms with Crippen molar-refractivity contribution in [3.63, 3.8) is 0 Å². The Hall–Kier alpha value is -3.13. The van der Waals surface area contributed by atoms with Crippen molar-refractivity contribution in [1.82, 2.24) is 5.32 Å². The molecule has 8 heteroatoms. The summed E-state index contributed by atoms with van der Waals surface area (Å²) in [4.78, 5) is 10.7. The Morgan fingerprint density at radius 2 is 1.04 bits per heavy atom. The molecular weight excluding hydrogens is 667 g/mol. The molecule has 1 unspecified atom stereocenters. The van der Waals surface area contributed by atoms with Crippen molar-refractivity contribution < 1.29 is 27.7 Å². The molecule has 0 heterocycles. The van der Waals surface area contributed by atoms with Gasteiger partial charge in [0.2, 0.25) is 0 Å². The molecule has 0 aliphatic carbocycles. The molecule has 0 spiro atoms. The fourth-order valence-corrected chi connectivity index (χ4v) is 7.30. The van der Waals surface area contributed by atoms with Gasteiger partial charge in [-0.2, -0.15) is 0 Å². The third kappa shape index (κ3) is 14.7. The van der Waals surface area contributed by atoms with Crippen LogP contribution in [0.15, 0.2) is 121 Å². The van der Waals surface area contributed by atoms with E-state index in [0.717, 1.165) is 29.5 Å². The van der Waals surface area contributed by atoms with Gasteiger partial charge in [-0.05, 0) is 41.5 Å². The number of aryl methyl sites for hydroxylation is 1. The molecule has 0 aliphatic rings. The summed E-state index contributed by atoms with van der Waals surface area (Å²) >= 11 is 0. The molecule has 0 bridgehead atoms. The second-order valence-corrected chi connectivity index (χ2v) is 16.2. The number of ether oxygens (including phenoxy) is 1. The average molecular weight is 730 g/mol. The van der Waals surface area contributed by atoms with Crippen LogP contribution in [0.25, 0.3) is 0 Å². The fourth-order valence-electron chi connectivity index (χ4n) is 6.54. The topological polar surface area (TPSA) is 77.0 Å². The minimum Gasteiger partial charge on any atom is -0.380 e. The maximum absolute atomic E-state index is 13.0. The molecule has 0 fully saturated rings. The van der Waals surface area contributed by atoms with Crippen LogP contribution in [0, 0.1) is 0 Å². The van der Waals surface area contributed by atoms with Gasteiger partial charge in [-0.1, -0.05) is 166 Å². The van der Waals surface area contributed by atoms with Crippen LogP contribution in [0.4, 0.5) is 0 Å². The molecule has 0 aromatic heterocycles. The highest BCUT2D eigenvalue weighted by Crippen LogP contribution is 2.44. The van der Waals surface area contributed by atoms with Crippen molar-refractivity contribution in [2.75, 3.05) is 54.1 Å². The highest BCUT2D eigenvalue weighted by atomic mass is 31.2. The number of benzene rings is 4. The maximum Gasteiger partial charge on any atom is 0.472 e. The average Bonchev–Trinajstić information content (AvgIpc) is 3.15. The Labute approximate surface area is 313 Å². The second kappa shape index (κ2) is 22.2. The minimum atomic E-state index is -4.30. The van der Waals surface area contributed by atoms with Gasteiger partial charge in [-0.3, -0.25) is 14.4 Å². The van der Waals surface area contributed by atoms with Crippen molar-refractivity contribution in [1.29, 1.82) is 0 Å². The maximum atomic E-state index is 13.0. The van der Waals surface area contributed by atoms with Gasteiger partial charge in [-0.25, -0.2) is 4.57 Å². The van der Waals surface area contributed by atoms with Gasteiger partial charge in [0, 0.05) is 6.61 Å². The number of quaternary nitrogens is 1. The quantitative estimate of drug-likeness (QED) is 0.0290. The van der Waals surface area contributed by atoms with E-state index in [4.69, 9.17) is 13.8 Å². The lowest BCUT2D eigenvalue weighted by Gasteiger charge is -2.40. The molecule has 52 heavy (non-hydrogen) atoms. The van der Waals surface area contributed by atoms with E-state index in [1.54, 1.807) is 0 Å². The molecule has 0 aliphatic heterocycles. The van der Waals surface area contributed by atoms with Gasteiger partial charge < -0.3 is 14.1 Å². The van der Waals surface area contributed by atoms with Crippen molar-refractivity contribution >= 4 is 7.82 Å². The fraction of sp³-hybridized carbons (Fsp3) is 0.455. The first kappa shape index (κ1) is 41.6. The molecule has 2 N–H and O–H groups in total. The van der Waals surface area contributed by atoms with E-state index in [-0.39, 0.29) is 13.2 Å². The zero-order chi connectivity index (χ0) is 37.0. The predicted octanol–water partition coefficient (Wildman–Crippen LogP) is 9.55. The first-order chi connectivity index (χ1) is 25.2. The van der Waals surface area contributed by atoms with Crippen LogP contribution >= 0.6 is 7.82 Å². The summed E-state index contributed by atoms with van der Waals surface area (Å²) in [6.45, 7) is 1.53. The van der Waals surface area contributed by atoms with Crippen LogP contribution in [-0.2, 0) is 30.3 Å². The third-order valence-corrected chi connectivity index (χ3v) is 10.4. The normalized spacial score (nSPS) is 13.8. The molecule has 4 aromatic rings. The SMILES string of the molecule is C[N+](C)(C)CCOP(=O)(O)OC[C@@H](COCCCCCCCCCCCc1ccccc1)NC(c1ccccc1)(c1ccccc1)c1ccccc1. The predicted molar refractivity (Wildman–Crippen MR) is 213 cm³/mol. The van der Waals surface area contributed by atoms with Crippen LogP contribution in [0.2, 0.25) is 0 Å². The Bertz CT molecular complexity index is 1450. The van der Waals surface area contributed by atoms with Crippen molar-refractivity contribution in [3.05, 3.63) is 144 Å². The van der Waals surface area contributed by atoms with Gasteiger partial charge >= 0.3 is 7.82 Å². The van der Waals surface area contributed by atoms with Gasteiger partial charge in [0.05, 0.1) is 45.9 Å². The summed E-state index contributed by atoms with van der Waals surface area (Å²) in [5.74, 6) is 0. The van der Waals surface area contributed by atoms with Crippen LogP contribution < -0.4 is 5.32 Å². The van der Waals surface area contributed by atoms with E-state index in [9.17, 15) is 9.46 Å². The van der Waals surface area contributed by atoms with Crippen molar-refractivity contribution in [3.8, 4) is 0 Å². The molecule has 0 amide bonds. The van der Waals surface area contributed by atoms with E-state index in [1.165, 1.54) is 56.9 Å². The third-order valence-electron chi connectivity index (χ3n) is 9.41.